The number of hydrogen-bond donors (Lipinski definition) is 3. The number of carbonyl (C=O) groups is 4. The summed E-state index contributed by atoms with van der Waals surface area (Å²) in [7, 11) is -9.89. The van der Waals surface area contributed by atoms with Crippen LogP contribution in [0.4, 0.5) is 0 Å². The molecule has 0 rings (SSSR count). The van der Waals surface area contributed by atoms with Gasteiger partial charge in [-0.05, 0) is 31.6 Å². The first-order chi connectivity index (χ1) is 43.0. The molecule has 3 N–H and O–H groups in total. The Morgan fingerprint density at radius 3 is 0.764 bits per heavy atom. The molecule has 0 radical (unpaired) electrons. The van der Waals surface area contributed by atoms with Crippen LogP contribution >= 0.6 is 15.6 Å². The van der Waals surface area contributed by atoms with E-state index in [1.807, 2.05) is 0 Å². The molecule has 5 atom stereocenters. The average molecular weight is 1310 g/mol. The van der Waals surface area contributed by atoms with Crippen molar-refractivity contribution in [3.63, 3.8) is 0 Å². The molecule has 528 valence electrons. The Bertz CT molecular complexity index is 1720. The number of aliphatic hydroxyl groups excluding tert-OH is 1. The van der Waals surface area contributed by atoms with E-state index in [0.29, 0.717) is 25.7 Å². The third-order valence-electron chi connectivity index (χ3n) is 16.3. The van der Waals surface area contributed by atoms with Crippen molar-refractivity contribution in [1.82, 2.24) is 0 Å². The number of ether oxygens (including phenoxy) is 4. The smallest absolute Gasteiger partial charge is 0.462 e. The summed E-state index contributed by atoms with van der Waals surface area (Å²) in [4.78, 5) is 72.3. The first kappa shape index (κ1) is 87.1. The Morgan fingerprint density at radius 2 is 0.517 bits per heavy atom. The molecule has 0 aliphatic carbocycles. The van der Waals surface area contributed by atoms with Gasteiger partial charge < -0.3 is 33.8 Å². The molecule has 0 saturated heterocycles. The van der Waals surface area contributed by atoms with Gasteiger partial charge in [0, 0.05) is 25.7 Å². The lowest BCUT2D eigenvalue weighted by atomic mass is 10.0. The van der Waals surface area contributed by atoms with Gasteiger partial charge in [0.1, 0.15) is 19.3 Å². The molecule has 0 fully saturated rings. The third-order valence-corrected chi connectivity index (χ3v) is 18.2. The molecule has 2 unspecified atom stereocenters. The zero-order valence-corrected chi connectivity index (χ0v) is 59.4. The van der Waals surface area contributed by atoms with E-state index in [0.717, 1.165) is 109 Å². The molecular weight excluding hydrogens is 1170 g/mol. The lowest BCUT2D eigenvalue weighted by Gasteiger charge is -2.21. The van der Waals surface area contributed by atoms with Crippen LogP contribution in [-0.4, -0.2) is 96.7 Å². The van der Waals surface area contributed by atoms with E-state index in [-0.39, 0.29) is 25.7 Å². The Morgan fingerprint density at radius 1 is 0.303 bits per heavy atom. The van der Waals surface area contributed by atoms with Crippen molar-refractivity contribution in [3.05, 3.63) is 0 Å². The number of aliphatic hydroxyl groups is 1. The van der Waals surface area contributed by atoms with Gasteiger partial charge in [-0.25, -0.2) is 9.13 Å². The summed E-state index contributed by atoms with van der Waals surface area (Å²) in [6.45, 7) is 7.17. The lowest BCUT2D eigenvalue weighted by molar-refractivity contribution is -0.161. The van der Waals surface area contributed by atoms with Crippen molar-refractivity contribution < 1.29 is 80.2 Å². The fraction of sp³-hybridized carbons (Fsp3) is 0.943. The molecule has 0 heterocycles. The highest BCUT2D eigenvalue weighted by Crippen LogP contribution is 2.45. The number of carbonyl (C=O) groups excluding carboxylic acids is 4. The summed E-state index contributed by atoms with van der Waals surface area (Å²) in [5.74, 6) is -1.38. The fourth-order valence-corrected chi connectivity index (χ4v) is 12.2. The lowest BCUT2D eigenvalue weighted by Crippen LogP contribution is -2.30. The Balaban J connectivity index is 5.15. The van der Waals surface area contributed by atoms with Crippen LogP contribution in [0.5, 0.6) is 0 Å². The van der Waals surface area contributed by atoms with E-state index in [1.165, 1.54) is 173 Å². The molecule has 0 aromatic carbocycles. The van der Waals surface area contributed by atoms with Crippen LogP contribution in [0, 0.1) is 5.92 Å². The van der Waals surface area contributed by atoms with E-state index in [1.54, 1.807) is 0 Å². The van der Waals surface area contributed by atoms with Crippen molar-refractivity contribution >= 4 is 39.5 Å². The van der Waals surface area contributed by atoms with E-state index in [2.05, 4.69) is 34.6 Å². The van der Waals surface area contributed by atoms with Crippen LogP contribution in [0.1, 0.15) is 362 Å². The van der Waals surface area contributed by atoms with Gasteiger partial charge in [0.25, 0.3) is 0 Å². The molecule has 0 aromatic rings. The van der Waals surface area contributed by atoms with Crippen LogP contribution in [0.15, 0.2) is 0 Å². The normalized spacial score (nSPS) is 14.1. The Kier molecular flexibility index (Phi) is 62.1. The summed E-state index contributed by atoms with van der Waals surface area (Å²) in [6, 6.07) is 0. The topological polar surface area (TPSA) is 237 Å². The molecule has 0 amide bonds. The number of phosphoric acid groups is 2. The second-order valence-corrected chi connectivity index (χ2v) is 28.7. The van der Waals surface area contributed by atoms with Crippen LogP contribution < -0.4 is 0 Å². The van der Waals surface area contributed by atoms with Gasteiger partial charge in [0.2, 0.25) is 0 Å². The van der Waals surface area contributed by atoms with Crippen LogP contribution in [0.2, 0.25) is 0 Å². The second kappa shape index (κ2) is 63.5. The van der Waals surface area contributed by atoms with Crippen LogP contribution in [0.25, 0.3) is 0 Å². The minimum atomic E-state index is -4.95. The van der Waals surface area contributed by atoms with Gasteiger partial charge in [-0.2, -0.15) is 0 Å². The summed E-state index contributed by atoms with van der Waals surface area (Å²) in [5, 5.41) is 10.6. The molecule has 0 aliphatic heterocycles. The predicted molar refractivity (Wildman–Crippen MR) is 358 cm³/mol. The van der Waals surface area contributed by atoms with Crippen molar-refractivity contribution in [1.29, 1.82) is 0 Å². The maximum atomic E-state index is 13.0. The van der Waals surface area contributed by atoms with Crippen molar-refractivity contribution in [2.75, 3.05) is 39.6 Å². The molecule has 0 aromatic heterocycles. The van der Waals surface area contributed by atoms with Gasteiger partial charge in [-0.3, -0.25) is 37.3 Å². The number of phosphoric ester groups is 2. The SMILES string of the molecule is CCCCCCCCCCCCCCCCCCCCCCC(=O)O[C@H](COC(=O)CCCCCCCCCCCC(C)C)COP(=O)(O)OC[C@@H](O)COP(=O)(O)OC[C@@H](COC(=O)CCCCCCCCC)OC(=O)CCCCCCCCCCCC. The number of esters is 4. The van der Waals surface area contributed by atoms with E-state index >= 15 is 0 Å². The summed E-state index contributed by atoms with van der Waals surface area (Å²) in [6.07, 6.45) is 50.2. The Hall–Kier alpha value is -1.94. The molecule has 89 heavy (non-hydrogen) atoms. The van der Waals surface area contributed by atoms with Crippen LogP contribution in [-0.2, 0) is 65.4 Å². The quantitative estimate of drug-likeness (QED) is 0.0222. The third kappa shape index (κ3) is 64.6. The molecule has 19 heteroatoms. The first-order valence-corrected chi connectivity index (χ1v) is 39.6. The van der Waals surface area contributed by atoms with E-state index in [9.17, 15) is 43.2 Å². The highest BCUT2D eigenvalue weighted by molar-refractivity contribution is 7.47. The van der Waals surface area contributed by atoms with Gasteiger partial charge in [-0.15, -0.1) is 0 Å². The summed E-state index contributed by atoms with van der Waals surface area (Å²) in [5.41, 5.74) is 0. The number of hydrogen-bond acceptors (Lipinski definition) is 15. The van der Waals surface area contributed by atoms with Gasteiger partial charge in [0.15, 0.2) is 12.2 Å². The highest BCUT2D eigenvalue weighted by Gasteiger charge is 2.30. The minimum Gasteiger partial charge on any atom is -0.462 e. The molecule has 0 bridgehead atoms. The minimum absolute atomic E-state index is 0.106. The van der Waals surface area contributed by atoms with Crippen LogP contribution in [0.3, 0.4) is 0 Å². The van der Waals surface area contributed by atoms with Gasteiger partial charge in [0.05, 0.1) is 26.4 Å². The first-order valence-electron chi connectivity index (χ1n) is 36.6. The summed E-state index contributed by atoms with van der Waals surface area (Å²) >= 11 is 0. The van der Waals surface area contributed by atoms with E-state index in [4.69, 9.17) is 37.0 Å². The van der Waals surface area contributed by atoms with Crippen molar-refractivity contribution in [2.24, 2.45) is 5.92 Å². The fourth-order valence-electron chi connectivity index (χ4n) is 10.6. The van der Waals surface area contributed by atoms with E-state index < -0.39 is 97.5 Å². The zero-order valence-electron chi connectivity index (χ0n) is 57.6. The number of unbranched alkanes of at least 4 members (excludes halogenated alkanes) is 42. The molecule has 0 spiro atoms. The molecule has 0 aliphatic rings. The average Bonchev–Trinajstić information content (AvgIpc) is 3.72. The standard InChI is InChI=1S/C70H136O17P2/c1-6-9-12-15-18-20-22-23-24-25-26-27-28-29-30-31-35-41-46-51-56-70(75)87-66(60-81-68(73)54-49-44-39-36-32-33-38-42-47-52-63(4)5)62-85-89(78,79)83-58-64(71)57-82-88(76,77)84-61-65(59-80-67(72)53-48-43-37-17-14-11-8-3)86-69(74)55-50-45-40-34-21-19-16-13-10-7-2/h63-66,71H,6-62H2,1-5H3,(H,76,77)(H,78,79)/t64-,65+,66+/m0/s1. The highest BCUT2D eigenvalue weighted by atomic mass is 31.2. The molecule has 17 nitrogen and oxygen atoms in total. The maximum absolute atomic E-state index is 13.0. The zero-order chi connectivity index (χ0) is 65.6. The summed E-state index contributed by atoms with van der Waals surface area (Å²) < 4.78 is 68.1. The van der Waals surface area contributed by atoms with Gasteiger partial charge in [-0.1, -0.05) is 311 Å². The van der Waals surface area contributed by atoms with Crippen molar-refractivity contribution in [3.8, 4) is 0 Å². The molecule has 0 saturated carbocycles. The molecular formula is C70H136O17P2. The monoisotopic (exact) mass is 1310 g/mol. The largest absolute Gasteiger partial charge is 0.472 e. The Labute approximate surface area is 543 Å². The maximum Gasteiger partial charge on any atom is 0.472 e. The predicted octanol–water partition coefficient (Wildman–Crippen LogP) is 20.1. The van der Waals surface area contributed by atoms with Crippen molar-refractivity contribution in [2.45, 2.75) is 380 Å². The van der Waals surface area contributed by atoms with Gasteiger partial charge >= 0.3 is 39.5 Å². The number of rotatable bonds is 70. The second-order valence-electron chi connectivity index (χ2n) is 25.7.